The van der Waals surface area contributed by atoms with Gasteiger partial charge in [0, 0.05) is 51.7 Å². The summed E-state index contributed by atoms with van der Waals surface area (Å²) in [6.07, 6.45) is 6.16. The van der Waals surface area contributed by atoms with Gasteiger partial charge in [0.05, 0.1) is 17.1 Å². The molecule has 2 saturated carbocycles. The number of carbonyl (C=O) groups excluding carboxylic acids is 1. The summed E-state index contributed by atoms with van der Waals surface area (Å²) in [4.78, 5) is 39.3. The molecule has 0 radical (unpaired) electrons. The van der Waals surface area contributed by atoms with Crippen molar-refractivity contribution < 1.29 is 4.79 Å². The Morgan fingerprint density at radius 3 is 1.78 bits per heavy atom. The zero-order valence-corrected chi connectivity index (χ0v) is 28.0. The number of fused-ring (bicyclic) bond motifs is 2. The maximum Gasteiger partial charge on any atom is 0.251 e. The molecule has 8 rings (SSSR count). The number of hydrogen-bond acceptors (Lipinski definition) is 3. The minimum absolute atomic E-state index is 0.0732. The number of hydrogen-bond donors (Lipinski definition) is 0. The number of halogens is 1. The molecule has 1 atom stereocenters. The van der Waals surface area contributed by atoms with Crippen molar-refractivity contribution in [2.24, 2.45) is 0 Å². The van der Waals surface area contributed by atoms with Crippen LogP contribution in [0.4, 0.5) is 5.69 Å². The molecule has 3 heterocycles. The molecule has 2 aliphatic carbocycles. The van der Waals surface area contributed by atoms with Crippen LogP contribution in [-0.2, 0) is 17.9 Å². The van der Waals surface area contributed by atoms with E-state index >= 15 is 0 Å². The summed E-state index contributed by atoms with van der Waals surface area (Å²) in [6.45, 7) is 5.41. The van der Waals surface area contributed by atoms with Crippen molar-refractivity contribution in [3.05, 3.63) is 120 Å². The molecule has 0 unspecified atom stereocenters. The molecular formula is C38H38IN3O3. The van der Waals surface area contributed by atoms with Crippen LogP contribution < -0.4 is 16.0 Å². The number of aryl methyl sites for hydroxylation is 2. The number of carbonyl (C=O) groups is 1. The third-order valence-corrected chi connectivity index (χ3v) is 10.2. The lowest BCUT2D eigenvalue weighted by Crippen LogP contribution is -2.27. The first-order chi connectivity index (χ1) is 21.9. The number of amides is 1. The van der Waals surface area contributed by atoms with E-state index in [4.69, 9.17) is 0 Å². The molecule has 0 spiro atoms. The summed E-state index contributed by atoms with van der Waals surface area (Å²) in [6, 6.07) is 26.5. The number of rotatable bonds is 6. The second-order valence-corrected chi connectivity index (χ2v) is 13.8. The minimum Gasteiger partial charge on any atom is -0.309 e. The van der Waals surface area contributed by atoms with Gasteiger partial charge in [-0.3, -0.25) is 14.4 Å². The molecule has 1 saturated heterocycles. The van der Waals surface area contributed by atoms with Crippen LogP contribution in [0.5, 0.6) is 0 Å². The molecule has 5 aromatic rings. The summed E-state index contributed by atoms with van der Waals surface area (Å²) in [5.74, 6) is 1.27. The molecule has 2 aromatic heterocycles. The average molecular weight is 712 g/mol. The Balaban J connectivity index is 0.000000163. The fourth-order valence-electron chi connectivity index (χ4n) is 7.05. The molecule has 0 N–H and O–H groups in total. The van der Waals surface area contributed by atoms with E-state index in [2.05, 4.69) is 59.0 Å². The van der Waals surface area contributed by atoms with Crippen LogP contribution in [0.15, 0.2) is 88.5 Å². The molecule has 1 aliphatic heterocycles. The van der Waals surface area contributed by atoms with Crippen LogP contribution in [0.3, 0.4) is 0 Å². The van der Waals surface area contributed by atoms with Gasteiger partial charge in [-0.1, -0.05) is 30.3 Å². The highest BCUT2D eigenvalue weighted by molar-refractivity contribution is 14.1. The summed E-state index contributed by atoms with van der Waals surface area (Å²) in [7, 11) is 0. The lowest BCUT2D eigenvalue weighted by Gasteiger charge is -2.26. The van der Waals surface area contributed by atoms with Crippen LogP contribution >= 0.6 is 22.6 Å². The number of benzene rings is 3. The number of anilines is 1. The Hall–Kier alpha value is -3.72. The number of aromatic nitrogens is 2. The van der Waals surface area contributed by atoms with E-state index in [1.54, 1.807) is 0 Å². The summed E-state index contributed by atoms with van der Waals surface area (Å²) >= 11 is 2.33. The maximum absolute atomic E-state index is 12.8. The quantitative estimate of drug-likeness (QED) is 0.167. The van der Waals surface area contributed by atoms with Crippen LogP contribution in [0.25, 0.3) is 21.8 Å². The highest BCUT2D eigenvalue weighted by Gasteiger charge is 2.34. The Morgan fingerprint density at radius 1 is 0.667 bits per heavy atom. The smallest absolute Gasteiger partial charge is 0.251 e. The third kappa shape index (κ3) is 5.75. The largest absolute Gasteiger partial charge is 0.309 e. The van der Waals surface area contributed by atoms with Crippen LogP contribution in [0, 0.1) is 3.57 Å². The molecular weight excluding hydrogens is 673 g/mol. The normalized spacial score (nSPS) is 18.0. The van der Waals surface area contributed by atoms with E-state index in [1.807, 2.05) is 70.3 Å². The zero-order chi connectivity index (χ0) is 31.2. The van der Waals surface area contributed by atoms with E-state index in [0.29, 0.717) is 24.8 Å². The van der Waals surface area contributed by atoms with Gasteiger partial charge in [-0.05, 0) is 133 Å². The number of nitrogens with zero attached hydrogens (tertiary/aromatic N) is 3. The molecule has 45 heavy (non-hydrogen) atoms. The van der Waals surface area contributed by atoms with Gasteiger partial charge in [0.15, 0.2) is 0 Å². The summed E-state index contributed by atoms with van der Waals surface area (Å²) < 4.78 is 4.92. The van der Waals surface area contributed by atoms with Gasteiger partial charge in [-0.15, -0.1) is 0 Å². The Bertz CT molecular complexity index is 2040. The summed E-state index contributed by atoms with van der Waals surface area (Å²) in [5, 5.41) is 2.38. The van der Waals surface area contributed by atoms with Gasteiger partial charge in [0.1, 0.15) is 0 Å². The summed E-state index contributed by atoms with van der Waals surface area (Å²) in [5.41, 5.74) is 6.79. The predicted octanol–water partition coefficient (Wildman–Crippen LogP) is 8.27. The molecule has 7 heteroatoms. The van der Waals surface area contributed by atoms with Crippen LogP contribution in [0.2, 0.25) is 0 Å². The van der Waals surface area contributed by atoms with E-state index in [9.17, 15) is 14.4 Å². The monoisotopic (exact) mass is 711 g/mol. The van der Waals surface area contributed by atoms with Gasteiger partial charge in [0.2, 0.25) is 5.91 Å². The van der Waals surface area contributed by atoms with E-state index < -0.39 is 0 Å². The van der Waals surface area contributed by atoms with Gasteiger partial charge >= 0.3 is 0 Å². The van der Waals surface area contributed by atoms with Crippen LogP contribution in [-0.4, -0.2) is 15.0 Å². The molecule has 3 aliphatic rings. The lowest BCUT2D eigenvalue weighted by molar-refractivity contribution is -0.117. The first kappa shape index (κ1) is 30.0. The molecule has 3 aromatic carbocycles. The van der Waals surface area contributed by atoms with Crippen molar-refractivity contribution in [3.8, 4) is 0 Å². The second-order valence-electron chi connectivity index (χ2n) is 12.5. The van der Waals surface area contributed by atoms with Crippen molar-refractivity contribution in [1.29, 1.82) is 0 Å². The first-order valence-corrected chi connectivity index (χ1v) is 17.3. The van der Waals surface area contributed by atoms with E-state index in [-0.39, 0.29) is 23.1 Å². The van der Waals surface area contributed by atoms with E-state index in [1.165, 1.54) is 32.9 Å². The SMILES string of the molecule is CCn1c(=O)cc(C2CC2)c2cc(I)ccc21.CCn1c(=O)cc(C2CC2)c2cc(N3C(=O)CC[C@H]3c3ccccc3)ccc21. The van der Waals surface area contributed by atoms with Crippen molar-refractivity contribution in [3.63, 3.8) is 0 Å². The Kier molecular flexibility index (Phi) is 8.14. The van der Waals surface area contributed by atoms with Gasteiger partial charge in [-0.2, -0.15) is 0 Å². The fraction of sp³-hybridized carbons (Fsp3) is 0.342. The first-order valence-electron chi connectivity index (χ1n) is 16.3. The Labute approximate surface area is 276 Å². The van der Waals surface area contributed by atoms with Crippen molar-refractivity contribution in [2.45, 2.75) is 83.3 Å². The van der Waals surface area contributed by atoms with Crippen molar-refractivity contribution in [1.82, 2.24) is 9.13 Å². The average Bonchev–Trinajstić information content (AvgIpc) is 3.99. The third-order valence-electron chi connectivity index (χ3n) is 9.57. The predicted molar refractivity (Wildman–Crippen MR) is 190 cm³/mol. The second kappa shape index (κ2) is 12.2. The maximum atomic E-state index is 12.8. The molecule has 0 bridgehead atoms. The zero-order valence-electron chi connectivity index (χ0n) is 25.8. The van der Waals surface area contributed by atoms with Crippen molar-refractivity contribution in [2.75, 3.05) is 4.90 Å². The topological polar surface area (TPSA) is 64.3 Å². The molecule has 6 nitrogen and oxygen atoms in total. The Morgan fingerprint density at radius 2 is 1.22 bits per heavy atom. The molecule has 3 fully saturated rings. The number of pyridine rings is 2. The standard InChI is InChI=1S/C24H24N2O2.C14H14INO/c1-2-25-22-11-10-18(14-20(22)19(15-24(25)28)16-8-9-16)26-21(12-13-23(26)27)17-6-4-3-5-7-17;1-2-16-13-6-5-10(15)7-12(13)11(8-14(16)17)9-3-4-9/h3-7,10-11,14-16,21H,2,8-9,12-13H2,1H3;5-9H,2-4H2,1H3/t21-;/m0./s1. The molecule has 1 amide bonds. The van der Waals surface area contributed by atoms with Gasteiger partial charge in [0.25, 0.3) is 11.1 Å². The van der Waals surface area contributed by atoms with E-state index in [0.717, 1.165) is 53.5 Å². The highest BCUT2D eigenvalue weighted by atomic mass is 127. The van der Waals surface area contributed by atoms with Gasteiger partial charge < -0.3 is 14.0 Å². The minimum atomic E-state index is 0.0732. The highest BCUT2D eigenvalue weighted by Crippen LogP contribution is 2.45. The fourth-order valence-corrected chi connectivity index (χ4v) is 7.54. The lowest BCUT2D eigenvalue weighted by atomic mass is 10.0. The van der Waals surface area contributed by atoms with Crippen LogP contribution in [0.1, 0.15) is 86.9 Å². The molecule has 230 valence electrons. The van der Waals surface area contributed by atoms with Crippen molar-refractivity contribution >= 4 is 56.0 Å². The van der Waals surface area contributed by atoms with Gasteiger partial charge in [-0.25, -0.2) is 0 Å².